The van der Waals surface area contributed by atoms with Gasteiger partial charge in [-0.25, -0.2) is 9.37 Å². The van der Waals surface area contributed by atoms with Crippen LogP contribution in [0.15, 0.2) is 27.9 Å². The SMILES string of the molecule is NC(=O)c1ccc(F)c(CSc2nc(CC(=O)O)cs2)c1. The minimum Gasteiger partial charge on any atom is -0.481 e. The molecule has 21 heavy (non-hydrogen) atoms. The number of nitrogens with zero attached hydrogens (tertiary/aromatic N) is 1. The second-order valence-corrected chi connectivity index (χ2v) is 6.21. The molecule has 0 aliphatic carbocycles. The van der Waals surface area contributed by atoms with E-state index in [1.54, 1.807) is 5.38 Å². The number of nitrogens with two attached hydrogens (primary N) is 1. The summed E-state index contributed by atoms with van der Waals surface area (Å²) < 4.78 is 14.3. The maximum absolute atomic E-state index is 13.7. The van der Waals surface area contributed by atoms with Crippen LogP contribution in [0.2, 0.25) is 0 Å². The minimum absolute atomic E-state index is 0.136. The number of benzene rings is 1. The largest absolute Gasteiger partial charge is 0.481 e. The molecule has 0 aliphatic rings. The van der Waals surface area contributed by atoms with E-state index in [2.05, 4.69) is 4.98 Å². The first kappa shape index (κ1) is 15.5. The maximum atomic E-state index is 13.7. The summed E-state index contributed by atoms with van der Waals surface area (Å²) in [6.07, 6.45) is -0.136. The standard InChI is InChI=1S/C13H11FN2O3S2/c14-10-2-1-7(12(15)19)3-8(10)5-20-13-16-9(6-21-13)4-11(17)18/h1-3,6H,4-5H2,(H2,15,19)(H,17,18). The van der Waals surface area contributed by atoms with Gasteiger partial charge < -0.3 is 10.8 Å². The Kier molecular flexibility index (Phi) is 4.92. The van der Waals surface area contributed by atoms with Crippen molar-refractivity contribution in [2.45, 2.75) is 16.5 Å². The van der Waals surface area contributed by atoms with Crippen LogP contribution in [0, 0.1) is 5.82 Å². The van der Waals surface area contributed by atoms with Crippen molar-refractivity contribution in [3.05, 3.63) is 46.2 Å². The summed E-state index contributed by atoms with van der Waals surface area (Å²) in [5, 5.41) is 10.3. The number of primary amides is 1. The van der Waals surface area contributed by atoms with E-state index in [-0.39, 0.29) is 17.7 Å². The van der Waals surface area contributed by atoms with E-state index in [4.69, 9.17) is 10.8 Å². The van der Waals surface area contributed by atoms with Crippen LogP contribution in [0.5, 0.6) is 0 Å². The van der Waals surface area contributed by atoms with Crippen molar-refractivity contribution in [3.8, 4) is 0 Å². The molecule has 110 valence electrons. The lowest BCUT2D eigenvalue weighted by molar-refractivity contribution is -0.136. The molecule has 0 bridgehead atoms. The van der Waals surface area contributed by atoms with Crippen LogP contribution in [0.25, 0.3) is 0 Å². The van der Waals surface area contributed by atoms with Crippen molar-refractivity contribution in [2.75, 3.05) is 0 Å². The van der Waals surface area contributed by atoms with E-state index in [0.29, 0.717) is 15.6 Å². The highest BCUT2D eigenvalue weighted by Crippen LogP contribution is 2.27. The van der Waals surface area contributed by atoms with Gasteiger partial charge in [-0.05, 0) is 23.8 Å². The van der Waals surface area contributed by atoms with Gasteiger partial charge in [-0.1, -0.05) is 11.8 Å². The molecule has 0 saturated carbocycles. The predicted octanol–water partition coefficient (Wildman–Crippen LogP) is 2.30. The predicted molar refractivity (Wildman–Crippen MR) is 77.9 cm³/mol. The van der Waals surface area contributed by atoms with Crippen molar-refractivity contribution >= 4 is 35.0 Å². The Morgan fingerprint density at radius 2 is 2.19 bits per heavy atom. The number of thiazole rings is 1. The number of carbonyl (C=O) groups is 2. The molecule has 0 saturated heterocycles. The van der Waals surface area contributed by atoms with Gasteiger partial charge in [0.05, 0.1) is 12.1 Å². The monoisotopic (exact) mass is 326 g/mol. The number of hydrogen-bond donors (Lipinski definition) is 2. The third kappa shape index (κ3) is 4.27. The first-order valence-electron chi connectivity index (χ1n) is 5.83. The Bertz CT molecular complexity index is 688. The number of aliphatic carboxylic acids is 1. The zero-order valence-electron chi connectivity index (χ0n) is 10.7. The van der Waals surface area contributed by atoms with Crippen LogP contribution >= 0.6 is 23.1 Å². The maximum Gasteiger partial charge on any atom is 0.309 e. The number of amides is 1. The van der Waals surface area contributed by atoms with Gasteiger partial charge in [-0.3, -0.25) is 9.59 Å². The van der Waals surface area contributed by atoms with Crippen molar-refractivity contribution in [1.82, 2.24) is 4.98 Å². The molecular weight excluding hydrogens is 315 g/mol. The van der Waals surface area contributed by atoms with Gasteiger partial charge >= 0.3 is 5.97 Å². The van der Waals surface area contributed by atoms with Crippen molar-refractivity contribution < 1.29 is 19.1 Å². The summed E-state index contributed by atoms with van der Waals surface area (Å²) in [7, 11) is 0. The number of rotatable bonds is 6. The van der Waals surface area contributed by atoms with E-state index in [1.165, 1.54) is 41.3 Å². The lowest BCUT2D eigenvalue weighted by atomic mass is 10.1. The summed E-state index contributed by atoms with van der Waals surface area (Å²) in [4.78, 5) is 25.8. The van der Waals surface area contributed by atoms with E-state index >= 15 is 0 Å². The number of aromatic nitrogens is 1. The highest BCUT2D eigenvalue weighted by Gasteiger charge is 2.10. The fourth-order valence-corrected chi connectivity index (χ4v) is 3.39. The molecule has 1 heterocycles. The van der Waals surface area contributed by atoms with Gasteiger partial charge in [0.15, 0.2) is 0 Å². The molecule has 3 N–H and O–H groups in total. The molecule has 1 amide bonds. The molecule has 0 unspecified atom stereocenters. The molecule has 5 nitrogen and oxygen atoms in total. The third-order valence-electron chi connectivity index (χ3n) is 2.54. The minimum atomic E-state index is -0.947. The quantitative estimate of drug-likeness (QED) is 0.795. The van der Waals surface area contributed by atoms with E-state index < -0.39 is 17.7 Å². The normalized spacial score (nSPS) is 10.5. The van der Waals surface area contributed by atoms with Crippen LogP contribution in [0.1, 0.15) is 21.6 Å². The van der Waals surface area contributed by atoms with Crippen LogP contribution in [0.4, 0.5) is 4.39 Å². The van der Waals surface area contributed by atoms with Crippen molar-refractivity contribution in [3.63, 3.8) is 0 Å². The zero-order chi connectivity index (χ0) is 15.4. The topological polar surface area (TPSA) is 93.3 Å². The lowest BCUT2D eigenvalue weighted by Gasteiger charge is -2.03. The molecular formula is C13H11FN2O3S2. The summed E-state index contributed by atoms with van der Waals surface area (Å²) in [5.41, 5.74) is 6.23. The van der Waals surface area contributed by atoms with Crippen LogP contribution in [0.3, 0.4) is 0 Å². The zero-order valence-corrected chi connectivity index (χ0v) is 12.3. The highest BCUT2D eigenvalue weighted by molar-refractivity contribution is 8.00. The van der Waals surface area contributed by atoms with Gasteiger partial charge in [-0.2, -0.15) is 0 Å². The van der Waals surface area contributed by atoms with Crippen LogP contribution < -0.4 is 5.73 Å². The molecule has 8 heteroatoms. The molecule has 2 aromatic rings. The van der Waals surface area contributed by atoms with Gasteiger partial charge in [0.1, 0.15) is 10.2 Å². The Morgan fingerprint density at radius 3 is 2.86 bits per heavy atom. The van der Waals surface area contributed by atoms with Crippen LogP contribution in [-0.2, 0) is 17.0 Å². The van der Waals surface area contributed by atoms with Crippen LogP contribution in [-0.4, -0.2) is 22.0 Å². The van der Waals surface area contributed by atoms with Gasteiger partial charge in [0.25, 0.3) is 0 Å². The fraction of sp³-hybridized carbons (Fsp3) is 0.154. The number of carboxylic acid groups (broad SMARTS) is 1. The molecule has 0 radical (unpaired) electrons. The summed E-state index contributed by atoms with van der Waals surface area (Å²) in [6, 6.07) is 3.95. The third-order valence-corrected chi connectivity index (χ3v) is 4.66. The summed E-state index contributed by atoms with van der Waals surface area (Å²) in [6.45, 7) is 0. The number of thioether (sulfide) groups is 1. The van der Waals surface area contributed by atoms with Gasteiger partial charge in [0, 0.05) is 16.7 Å². The summed E-state index contributed by atoms with van der Waals surface area (Å²) >= 11 is 2.58. The fourth-order valence-electron chi connectivity index (χ4n) is 1.57. The Labute approximate surface area is 128 Å². The number of hydrogen-bond acceptors (Lipinski definition) is 5. The second kappa shape index (κ2) is 6.68. The molecule has 0 aliphatic heterocycles. The average Bonchev–Trinajstić information content (AvgIpc) is 2.84. The van der Waals surface area contributed by atoms with E-state index in [0.717, 1.165) is 0 Å². The Morgan fingerprint density at radius 1 is 1.43 bits per heavy atom. The first-order chi connectivity index (χ1) is 9.95. The molecule has 1 aromatic heterocycles. The molecule has 0 spiro atoms. The molecule has 2 rings (SSSR count). The number of carboxylic acids is 1. The molecule has 0 atom stereocenters. The van der Waals surface area contributed by atoms with E-state index in [9.17, 15) is 14.0 Å². The van der Waals surface area contributed by atoms with Crippen molar-refractivity contribution in [1.29, 1.82) is 0 Å². The van der Waals surface area contributed by atoms with Gasteiger partial charge in [0.2, 0.25) is 5.91 Å². The van der Waals surface area contributed by atoms with Crippen molar-refractivity contribution in [2.24, 2.45) is 5.73 Å². The molecule has 1 aromatic carbocycles. The second-order valence-electron chi connectivity index (χ2n) is 4.13. The van der Waals surface area contributed by atoms with E-state index in [1.807, 2.05) is 0 Å². The Hall–Kier alpha value is -1.93. The lowest BCUT2D eigenvalue weighted by Crippen LogP contribution is -2.11. The average molecular weight is 326 g/mol. The summed E-state index contributed by atoms with van der Waals surface area (Å²) in [5.74, 6) is -1.70. The Balaban J connectivity index is 2.05. The number of carbonyl (C=O) groups excluding carboxylic acids is 1. The molecule has 0 fully saturated rings. The highest BCUT2D eigenvalue weighted by atomic mass is 32.2. The smallest absolute Gasteiger partial charge is 0.309 e. The number of halogens is 1. The van der Waals surface area contributed by atoms with Gasteiger partial charge in [-0.15, -0.1) is 11.3 Å². The first-order valence-corrected chi connectivity index (χ1v) is 7.69.